The number of benzene rings is 2. The molecule has 1 N–H and O–H groups in total. The van der Waals surface area contributed by atoms with Gasteiger partial charge in [0.15, 0.2) is 0 Å². The SMILES string of the molecule is CCNC(=O)C(C)N(Cc1ccccc1C)C(=O)CCc1ccc(C)cc1. The molecule has 2 rings (SSSR count). The van der Waals surface area contributed by atoms with Crippen molar-refractivity contribution < 1.29 is 9.59 Å². The fraction of sp³-hybridized carbons (Fsp3) is 0.391. The molecular formula is C23H30N2O2. The van der Waals surface area contributed by atoms with E-state index in [2.05, 4.69) is 29.6 Å². The minimum atomic E-state index is -0.505. The highest BCUT2D eigenvalue weighted by Crippen LogP contribution is 2.16. The maximum atomic E-state index is 13.0. The molecule has 1 atom stereocenters. The molecular weight excluding hydrogens is 336 g/mol. The van der Waals surface area contributed by atoms with Crippen molar-refractivity contribution in [2.75, 3.05) is 6.54 Å². The Morgan fingerprint density at radius 3 is 2.33 bits per heavy atom. The van der Waals surface area contributed by atoms with Gasteiger partial charge >= 0.3 is 0 Å². The molecule has 0 aromatic heterocycles. The fourth-order valence-corrected chi connectivity index (χ4v) is 3.03. The number of carbonyl (C=O) groups excluding carboxylic acids is 2. The minimum absolute atomic E-state index is 0.00224. The predicted octanol–water partition coefficient (Wildman–Crippen LogP) is 3.79. The Kier molecular flexibility index (Phi) is 7.59. The van der Waals surface area contributed by atoms with Gasteiger partial charge in [0.05, 0.1) is 0 Å². The highest BCUT2D eigenvalue weighted by Gasteiger charge is 2.25. The molecule has 0 radical (unpaired) electrons. The van der Waals surface area contributed by atoms with E-state index in [4.69, 9.17) is 0 Å². The lowest BCUT2D eigenvalue weighted by molar-refractivity contribution is -0.140. The van der Waals surface area contributed by atoms with E-state index < -0.39 is 6.04 Å². The molecule has 2 amide bonds. The second-order valence-corrected chi connectivity index (χ2v) is 7.00. The van der Waals surface area contributed by atoms with Gasteiger partial charge in [-0.2, -0.15) is 0 Å². The maximum Gasteiger partial charge on any atom is 0.242 e. The van der Waals surface area contributed by atoms with Crippen molar-refractivity contribution in [1.29, 1.82) is 0 Å². The summed E-state index contributed by atoms with van der Waals surface area (Å²) in [6.45, 7) is 8.76. The molecule has 0 spiro atoms. The summed E-state index contributed by atoms with van der Waals surface area (Å²) in [5.74, 6) is -0.118. The van der Waals surface area contributed by atoms with Crippen molar-refractivity contribution in [1.82, 2.24) is 10.2 Å². The van der Waals surface area contributed by atoms with Crippen LogP contribution in [0, 0.1) is 13.8 Å². The number of nitrogens with zero attached hydrogens (tertiary/aromatic N) is 1. The maximum absolute atomic E-state index is 13.0. The van der Waals surface area contributed by atoms with Gasteiger partial charge in [-0.15, -0.1) is 0 Å². The molecule has 0 aliphatic carbocycles. The van der Waals surface area contributed by atoms with Crippen molar-refractivity contribution in [2.45, 2.75) is 53.1 Å². The number of amides is 2. The molecule has 27 heavy (non-hydrogen) atoms. The van der Waals surface area contributed by atoms with Gasteiger partial charge in [0.2, 0.25) is 11.8 Å². The summed E-state index contributed by atoms with van der Waals surface area (Å²) in [6.07, 6.45) is 1.06. The zero-order chi connectivity index (χ0) is 19.8. The van der Waals surface area contributed by atoms with Crippen LogP contribution in [-0.4, -0.2) is 29.3 Å². The summed E-state index contributed by atoms with van der Waals surface area (Å²) in [4.78, 5) is 27.1. The summed E-state index contributed by atoms with van der Waals surface area (Å²) in [5, 5.41) is 2.83. The monoisotopic (exact) mass is 366 g/mol. The summed E-state index contributed by atoms with van der Waals surface area (Å²) in [7, 11) is 0. The van der Waals surface area contributed by atoms with E-state index in [-0.39, 0.29) is 11.8 Å². The first-order valence-corrected chi connectivity index (χ1v) is 9.59. The molecule has 0 bridgehead atoms. The van der Waals surface area contributed by atoms with E-state index in [0.29, 0.717) is 25.9 Å². The fourth-order valence-electron chi connectivity index (χ4n) is 3.03. The Balaban J connectivity index is 2.14. The summed E-state index contributed by atoms with van der Waals surface area (Å²) in [6, 6.07) is 15.7. The van der Waals surface area contributed by atoms with Crippen LogP contribution in [0.5, 0.6) is 0 Å². The van der Waals surface area contributed by atoms with Crippen LogP contribution in [0.2, 0.25) is 0 Å². The third kappa shape index (κ3) is 5.95. The molecule has 0 heterocycles. The molecule has 0 aliphatic heterocycles. The number of aryl methyl sites for hydroxylation is 3. The zero-order valence-corrected chi connectivity index (χ0v) is 16.8. The van der Waals surface area contributed by atoms with Gasteiger partial charge in [0, 0.05) is 19.5 Å². The van der Waals surface area contributed by atoms with E-state index in [1.807, 2.05) is 45.0 Å². The molecule has 4 heteroatoms. The summed E-state index contributed by atoms with van der Waals surface area (Å²) in [5.41, 5.74) is 4.53. The lowest BCUT2D eigenvalue weighted by atomic mass is 10.0. The Labute approximate surface area is 162 Å². The standard InChI is InChI=1S/C23H30N2O2/c1-5-24-23(27)19(4)25(16-21-9-7-6-8-18(21)3)22(26)15-14-20-12-10-17(2)11-13-20/h6-13,19H,5,14-16H2,1-4H3,(H,24,27). The van der Waals surface area contributed by atoms with E-state index in [1.165, 1.54) is 5.56 Å². The lowest BCUT2D eigenvalue weighted by Crippen LogP contribution is -2.47. The smallest absolute Gasteiger partial charge is 0.242 e. The summed E-state index contributed by atoms with van der Waals surface area (Å²) >= 11 is 0. The molecule has 0 saturated carbocycles. The number of carbonyl (C=O) groups is 2. The third-order valence-corrected chi connectivity index (χ3v) is 4.87. The molecule has 2 aromatic carbocycles. The quantitative estimate of drug-likeness (QED) is 0.773. The normalized spacial score (nSPS) is 11.7. The van der Waals surface area contributed by atoms with E-state index in [1.54, 1.807) is 11.8 Å². The first-order chi connectivity index (χ1) is 12.9. The number of nitrogens with one attached hydrogen (secondary N) is 1. The van der Waals surface area contributed by atoms with Gasteiger partial charge in [-0.3, -0.25) is 9.59 Å². The number of hydrogen-bond donors (Lipinski definition) is 1. The second-order valence-electron chi connectivity index (χ2n) is 7.00. The second kappa shape index (κ2) is 9.91. The van der Waals surface area contributed by atoms with Crippen LogP contribution in [-0.2, 0) is 22.6 Å². The van der Waals surface area contributed by atoms with Gasteiger partial charge in [0.25, 0.3) is 0 Å². The highest BCUT2D eigenvalue weighted by atomic mass is 16.2. The Bertz CT molecular complexity index is 768. The molecule has 2 aromatic rings. The van der Waals surface area contributed by atoms with Crippen molar-refractivity contribution in [3.05, 3.63) is 70.8 Å². The van der Waals surface area contributed by atoms with Crippen molar-refractivity contribution in [3.63, 3.8) is 0 Å². The van der Waals surface area contributed by atoms with Crippen LogP contribution >= 0.6 is 0 Å². The molecule has 0 fully saturated rings. The Morgan fingerprint density at radius 1 is 1.04 bits per heavy atom. The van der Waals surface area contributed by atoms with E-state index in [0.717, 1.165) is 16.7 Å². The van der Waals surface area contributed by atoms with Crippen LogP contribution in [0.25, 0.3) is 0 Å². The van der Waals surface area contributed by atoms with Crippen LogP contribution in [0.15, 0.2) is 48.5 Å². The van der Waals surface area contributed by atoms with Crippen LogP contribution in [0.3, 0.4) is 0 Å². The van der Waals surface area contributed by atoms with Gasteiger partial charge in [-0.25, -0.2) is 0 Å². The molecule has 0 aliphatic rings. The molecule has 0 saturated heterocycles. The van der Waals surface area contributed by atoms with E-state index in [9.17, 15) is 9.59 Å². The first kappa shape index (κ1) is 20.7. The number of hydrogen-bond acceptors (Lipinski definition) is 2. The first-order valence-electron chi connectivity index (χ1n) is 9.59. The molecule has 1 unspecified atom stereocenters. The van der Waals surface area contributed by atoms with Crippen LogP contribution < -0.4 is 5.32 Å². The van der Waals surface area contributed by atoms with E-state index >= 15 is 0 Å². The van der Waals surface area contributed by atoms with Crippen molar-refractivity contribution >= 4 is 11.8 Å². The average Bonchev–Trinajstić information content (AvgIpc) is 2.66. The minimum Gasteiger partial charge on any atom is -0.355 e. The Hall–Kier alpha value is -2.62. The predicted molar refractivity (Wildman–Crippen MR) is 109 cm³/mol. The van der Waals surface area contributed by atoms with Crippen molar-refractivity contribution in [2.24, 2.45) is 0 Å². The van der Waals surface area contributed by atoms with Crippen LogP contribution in [0.4, 0.5) is 0 Å². The largest absolute Gasteiger partial charge is 0.355 e. The average molecular weight is 367 g/mol. The van der Waals surface area contributed by atoms with Gasteiger partial charge in [-0.1, -0.05) is 54.1 Å². The summed E-state index contributed by atoms with van der Waals surface area (Å²) < 4.78 is 0. The van der Waals surface area contributed by atoms with Gasteiger partial charge in [-0.05, 0) is 50.8 Å². The molecule has 144 valence electrons. The topological polar surface area (TPSA) is 49.4 Å². The van der Waals surface area contributed by atoms with Crippen molar-refractivity contribution in [3.8, 4) is 0 Å². The van der Waals surface area contributed by atoms with Crippen LogP contribution in [0.1, 0.15) is 42.5 Å². The number of likely N-dealkylation sites (N-methyl/N-ethyl adjacent to an activating group) is 1. The zero-order valence-electron chi connectivity index (χ0n) is 16.8. The van der Waals surface area contributed by atoms with Gasteiger partial charge in [0.1, 0.15) is 6.04 Å². The molecule has 4 nitrogen and oxygen atoms in total. The Morgan fingerprint density at radius 2 is 1.70 bits per heavy atom. The highest BCUT2D eigenvalue weighted by molar-refractivity contribution is 5.87. The van der Waals surface area contributed by atoms with Gasteiger partial charge < -0.3 is 10.2 Å². The third-order valence-electron chi connectivity index (χ3n) is 4.87. The lowest BCUT2D eigenvalue weighted by Gasteiger charge is -2.29. The number of rotatable bonds is 8.